The minimum atomic E-state index is -1.57. The van der Waals surface area contributed by atoms with Crippen LogP contribution in [-0.2, 0) is 27.4 Å². The topological polar surface area (TPSA) is 127 Å². The number of hydrogen-bond acceptors (Lipinski definition) is 8. The molecule has 10 nitrogen and oxygen atoms in total. The highest BCUT2D eigenvalue weighted by Crippen LogP contribution is 2.31. The van der Waals surface area contributed by atoms with Crippen LogP contribution in [0.3, 0.4) is 0 Å². The van der Waals surface area contributed by atoms with Crippen molar-refractivity contribution >= 4 is 30.5 Å². The van der Waals surface area contributed by atoms with Crippen LogP contribution in [0.4, 0.5) is 19.7 Å². The second kappa shape index (κ2) is 14.9. The molecule has 0 spiro atoms. The van der Waals surface area contributed by atoms with Crippen molar-refractivity contribution in [2.45, 2.75) is 45.4 Å². The molecule has 3 N–H and O–H groups in total. The highest BCUT2D eigenvalue weighted by atomic mass is 19.1. The summed E-state index contributed by atoms with van der Waals surface area (Å²) in [6.45, 7) is 4.59. The van der Waals surface area contributed by atoms with Crippen molar-refractivity contribution in [3.05, 3.63) is 88.7 Å². The third-order valence-corrected chi connectivity index (χ3v) is 7.05. The Kier molecular flexibility index (Phi) is 11.0. The molecule has 228 valence electrons. The number of carbonyl (C=O) groups excluding carboxylic acids is 2. The van der Waals surface area contributed by atoms with E-state index in [0.29, 0.717) is 30.7 Å². The minimum absolute atomic E-state index is 0.0297. The zero-order chi connectivity index (χ0) is 30.9. The monoisotopic (exact) mass is 594 g/mol. The van der Waals surface area contributed by atoms with E-state index >= 15 is 4.39 Å². The zero-order valence-electron chi connectivity index (χ0n) is 24.4. The van der Waals surface area contributed by atoms with Crippen LogP contribution in [0, 0.1) is 12.7 Å². The van der Waals surface area contributed by atoms with Gasteiger partial charge < -0.3 is 33.9 Å². The summed E-state index contributed by atoms with van der Waals surface area (Å²) in [5, 5.41) is 21.3. The van der Waals surface area contributed by atoms with Crippen LogP contribution in [0.1, 0.15) is 41.5 Å². The molecule has 2 unspecified atom stereocenters. The molecule has 1 aliphatic rings. The quantitative estimate of drug-likeness (QED) is 0.284. The van der Waals surface area contributed by atoms with E-state index in [2.05, 4.69) is 5.32 Å². The van der Waals surface area contributed by atoms with E-state index in [1.165, 1.54) is 18.0 Å². The summed E-state index contributed by atoms with van der Waals surface area (Å²) in [7, 11) is -0.0439. The molecule has 1 aliphatic heterocycles. The second-order valence-electron chi connectivity index (χ2n) is 10.6. The normalized spacial score (nSPS) is 15.0. The van der Waals surface area contributed by atoms with E-state index in [1.54, 1.807) is 18.2 Å². The molecular formula is C31H36BFN2O8. The van der Waals surface area contributed by atoms with Crippen molar-refractivity contribution in [3.63, 3.8) is 0 Å². The molecule has 0 bridgehead atoms. The average molecular weight is 594 g/mol. The lowest BCUT2D eigenvalue weighted by molar-refractivity contribution is 0.101. The third-order valence-electron chi connectivity index (χ3n) is 7.05. The Morgan fingerprint density at radius 1 is 1.14 bits per heavy atom. The summed E-state index contributed by atoms with van der Waals surface area (Å²) in [6.07, 6.45) is -1.14. The van der Waals surface area contributed by atoms with Gasteiger partial charge in [-0.05, 0) is 35.1 Å². The van der Waals surface area contributed by atoms with E-state index in [1.807, 2.05) is 44.2 Å². The number of halogens is 1. The summed E-state index contributed by atoms with van der Waals surface area (Å²) < 4.78 is 37.4. The lowest BCUT2D eigenvalue weighted by Crippen LogP contribution is -2.30. The number of ether oxygens (including phenoxy) is 4. The first kappa shape index (κ1) is 31.8. The summed E-state index contributed by atoms with van der Waals surface area (Å²) in [5.41, 5.74) is 3.36. The van der Waals surface area contributed by atoms with Crippen molar-refractivity contribution in [2.24, 2.45) is 0 Å². The number of nitrogens with one attached hydrogen (secondary N) is 1. The third kappa shape index (κ3) is 8.93. The Balaban J connectivity index is 1.42. The number of amides is 2. The van der Waals surface area contributed by atoms with Gasteiger partial charge in [-0.1, -0.05) is 55.5 Å². The van der Waals surface area contributed by atoms with Gasteiger partial charge in [0.2, 0.25) is 0 Å². The maximum absolute atomic E-state index is 15.4. The summed E-state index contributed by atoms with van der Waals surface area (Å²) in [4.78, 5) is 26.7. The molecule has 0 aromatic heterocycles. The van der Waals surface area contributed by atoms with E-state index in [0.717, 1.165) is 22.8 Å². The van der Waals surface area contributed by atoms with Crippen molar-refractivity contribution in [2.75, 3.05) is 32.2 Å². The number of aryl methyl sites for hydroxylation is 1. The lowest BCUT2D eigenvalue weighted by atomic mass is 9.78. The van der Waals surface area contributed by atoms with E-state index < -0.39 is 25.1 Å². The maximum Gasteiger partial charge on any atom is 0.488 e. The Hall–Kier alpha value is -4.13. The molecular weight excluding hydrogens is 558 g/mol. The van der Waals surface area contributed by atoms with Crippen LogP contribution in [-0.4, -0.2) is 67.2 Å². The standard InChI is InChI=1S/C31H36BFN2O8/c1-20-13-24(32(38)39)9-10-27(20)21(2)17-41-30(36)34-25-14-23(29(28(33)15-25)43-26-11-12-40-19-26)16-35(3)31(37)42-18-22-7-5-4-6-8-22/h4-10,13-15,21,26,38-39H,11-12,16-19H2,1-3H3,(H,34,36). The first-order chi connectivity index (χ1) is 20.6. The molecule has 4 rings (SSSR count). The van der Waals surface area contributed by atoms with Crippen LogP contribution in [0.5, 0.6) is 5.75 Å². The van der Waals surface area contributed by atoms with Crippen molar-refractivity contribution in [3.8, 4) is 5.75 Å². The molecule has 12 heteroatoms. The predicted octanol–water partition coefficient (Wildman–Crippen LogP) is 4.10. The molecule has 3 aromatic rings. The van der Waals surface area contributed by atoms with Crippen molar-refractivity contribution in [1.29, 1.82) is 0 Å². The Bertz CT molecular complexity index is 1400. The van der Waals surface area contributed by atoms with Crippen LogP contribution >= 0.6 is 0 Å². The van der Waals surface area contributed by atoms with Crippen LogP contribution in [0.15, 0.2) is 60.7 Å². The lowest BCUT2D eigenvalue weighted by Gasteiger charge is -2.22. The van der Waals surface area contributed by atoms with E-state index in [4.69, 9.17) is 18.9 Å². The Morgan fingerprint density at radius 3 is 2.58 bits per heavy atom. The summed E-state index contributed by atoms with van der Waals surface area (Å²) in [6, 6.07) is 16.9. The van der Waals surface area contributed by atoms with Gasteiger partial charge in [0.1, 0.15) is 12.7 Å². The van der Waals surface area contributed by atoms with Crippen LogP contribution in [0.25, 0.3) is 0 Å². The number of nitrogens with zero attached hydrogens (tertiary/aromatic N) is 1. The molecule has 0 aliphatic carbocycles. The Labute approximate surface area is 250 Å². The molecule has 3 aromatic carbocycles. The number of benzene rings is 3. The van der Waals surface area contributed by atoms with Gasteiger partial charge in [-0.2, -0.15) is 0 Å². The molecule has 0 saturated carbocycles. The van der Waals surface area contributed by atoms with Crippen molar-refractivity contribution in [1.82, 2.24) is 4.90 Å². The van der Waals surface area contributed by atoms with Gasteiger partial charge in [0, 0.05) is 36.7 Å². The molecule has 1 fully saturated rings. The number of rotatable bonds is 11. The van der Waals surface area contributed by atoms with E-state index in [9.17, 15) is 19.6 Å². The predicted molar refractivity (Wildman–Crippen MR) is 159 cm³/mol. The highest BCUT2D eigenvalue weighted by Gasteiger charge is 2.24. The van der Waals surface area contributed by atoms with Crippen LogP contribution in [0.2, 0.25) is 0 Å². The molecule has 2 amide bonds. The van der Waals surface area contributed by atoms with Crippen LogP contribution < -0.4 is 15.5 Å². The Morgan fingerprint density at radius 2 is 1.91 bits per heavy atom. The molecule has 43 heavy (non-hydrogen) atoms. The molecule has 1 heterocycles. The van der Waals surface area contributed by atoms with Gasteiger partial charge in [-0.3, -0.25) is 5.32 Å². The number of hydrogen-bond donors (Lipinski definition) is 3. The maximum atomic E-state index is 15.4. The number of carbonyl (C=O) groups is 2. The molecule has 2 atom stereocenters. The molecule has 1 saturated heterocycles. The largest absolute Gasteiger partial charge is 0.488 e. The van der Waals surface area contributed by atoms with Gasteiger partial charge in [-0.15, -0.1) is 0 Å². The first-order valence-electron chi connectivity index (χ1n) is 14.0. The van der Waals surface area contributed by atoms with Gasteiger partial charge in [0.05, 0.1) is 26.4 Å². The number of anilines is 1. The summed E-state index contributed by atoms with van der Waals surface area (Å²) in [5.74, 6) is -0.929. The smallest absolute Gasteiger partial charge is 0.484 e. The fourth-order valence-electron chi connectivity index (χ4n) is 4.75. The average Bonchev–Trinajstić information content (AvgIpc) is 3.50. The highest BCUT2D eigenvalue weighted by molar-refractivity contribution is 6.58. The fraction of sp³-hybridized carbons (Fsp3) is 0.355. The fourth-order valence-corrected chi connectivity index (χ4v) is 4.75. The van der Waals surface area contributed by atoms with Gasteiger partial charge in [-0.25, -0.2) is 14.0 Å². The summed E-state index contributed by atoms with van der Waals surface area (Å²) >= 11 is 0. The van der Waals surface area contributed by atoms with Crippen molar-refractivity contribution < 1.29 is 43.0 Å². The van der Waals surface area contributed by atoms with Gasteiger partial charge in [0.15, 0.2) is 11.6 Å². The van der Waals surface area contributed by atoms with Gasteiger partial charge >= 0.3 is 19.3 Å². The zero-order valence-corrected chi connectivity index (χ0v) is 24.4. The van der Waals surface area contributed by atoms with Gasteiger partial charge in [0.25, 0.3) is 0 Å². The second-order valence-corrected chi connectivity index (χ2v) is 10.6. The van der Waals surface area contributed by atoms with E-state index in [-0.39, 0.29) is 43.2 Å². The SMILES string of the molecule is Cc1cc(B(O)O)ccc1C(C)COC(=O)Nc1cc(F)c(OC2CCOC2)c(CN(C)C(=O)OCc2ccccc2)c1. The molecule has 0 radical (unpaired) electrons. The first-order valence-corrected chi connectivity index (χ1v) is 14.0. The minimum Gasteiger partial charge on any atom is -0.484 e.